The maximum atomic E-state index is 14.7. The molecule has 10 rings (SSSR count). The quantitative estimate of drug-likeness (QED) is 0.0460. The first-order valence-electron chi connectivity index (χ1n) is 33.3. The van der Waals surface area contributed by atoms with Crippen LogP contribution in [0.25, 0.3) is 33.6 Å². The molecule has 17 nitrogen and oxygen atoms in total. The Hall–Kier alpha value is -8.74. The lowest BCUT2D eigenvalue weighted by molar-refractivity contribution is 0.0539. The van der Waals surface area contributed by atoms with Gasteiger partial charge in [-0.15, -0.1) is 0 Å². The summed E-state index contributed by atoms with van der Waals surface area (Å²) in [6.45, 7) is 16.9. The minimum Gasteiger partial charge on any atom is -0.394 e. The third-order valence-corrected chi connectivity index (χ3v) is 18.6. The monoisotopic (exact) mass is 1320 g/mol. The highest BCUT2D eigenvalue weighted by molar-refractivity contribution is 6.34. The normalized spacial score (nSPS) is 14.1. The van der Waals surface area contributed by atoms with Gasteiger partial charge in [0.2, 0.25) is 5.91 Å². The summed E-state index contributed by atoms with van der Waals surface area (Å²) in [6, 6.07) is 39.9. The van der Waals surface area contributed by atoms with Crippen molar-refractivity contribution in [2.45, 2.75) is 144 Å². The van der Waals surface area contributed by atoms with Gasteiger partial charge in [-0.3, -0.25) is 28.8 Å². The van der Waals surface area contributed by atoms with Crippen LogP contribution < -0.4 is 5.73 Å². The van der Waals surface area contributed by atoms with E-state index in [2.05, 4.69) is 27.7 Å². The minimum atomic E-state index is -0.654. The highest BCUT2D eigenvalue weighted by atomic mass is 35.5. The van der Waals surface area contributed by atoms with Crippen molar-refractivity contribution in [3.05, 3.63) is 211 Å². The Labute approximate surface area is 567 Å². The summed E-state index contributed by atoms with van der Waals surface area (Å²) in [7, 11) is 0. The van der Waals surface area contributed by atoms with Gasteiger partial charge in [0.25, 0.3) is 23.6 Å². The molecule has 0 radical (unpaired) electrons. The van der Waals surface area contributed by atoms with Gasteiger partial charge in [0.1, 0.15) is 0 Å². The third kappa shape index (κ3) is 16.2. The number of nitrogens with two attached hydrogens (primary N) is 1. The predicted molar refractivity (Wildman–Crippen MR) is 374 cm³/mol. The summed E-state index contributed by atoms with van der Waals surface area (Å²) in [5, 5.41) is 31.0. The van der Waals surface area contributed by atoms with Crippen molar-refractivity contribution in [2.24, 2.45) is 5.73 Å². The Morgan fingerprint density at radius 3 is 1.19 bits per heavy atom. The van der Waals surface area contributed by atoms with Gasteiger partial charge in [-0.25, -0.2) is 9.36 Å². The van der Waals surface area contributed by atoms with E-state index < -0.39 is 18.0 Å². The molecule has 0 unspecified atom stereocenters. The number of Topliss-reactive ketones (excluding diaryl/α,β-unsaturated/α-hetero) is 1. The molecule has 0 spiro atoms. The number of carbonyl (C=O) groups is 6. The summed E-state index contributed by atoms with van der Waals surface area (Å²) in [6.07, 6.45) is 8.94. The van der Waals surface area contributed by atoms with Gasteiger partial charge in [-0.1, -0.05) is 156 Å². The van der Waals surface area contributed by atoms with E-state index in [1.54, 1.807) is 80.7 Å². The number of aromatic nitrogens is 4. The number of aliphatic hydroxyl groups excluding tert-OH is 2. The van der Waals surface area contributed by atoms with Crippen LogP contribution in [0, 0.1) is 13.8 Å². The van der Waals surface area contributed by atoms with Crippen LogP contribution in [0.5, 0.6) is 0 Å². The van der Waals surface area contributed by atoms with E-state index in [9.17, 15) is 39.0 Å². The topological polar surface area (TPSA) is 218 Å². The molecule has 0 saturated heterocycles. The van der Waals surface area contributed by atoms with Crippen LogP contribution in [0.1, 0.15) is 188 Å². The smallest absolute Gasteiger partial charge is 0.274 e. The lowest BCUT2D eigenvalue weighted by Crippen LogP contribution is -2.46. The highest BCUT2D eigenvalue weighted by Crippen LogP contribution is 2.35. The second kappa shape index (κ2) is 32.6. The zero-order valence-electron chi connectivity index (χ0n) is 55.5. The zero-order chi connectivity index (χ0) is 68.0. The molecule has 2 atom stereocenters. The van der Waals surface area contributed by atoms with Gasteiger partial charge >= 0.3 is 0 Å². The number of rotatable bonds is 25. The van der Waals surface area contributed by atoms with Gasteiger partial charge in [0.05, 0.1) is 63.4 Å². The second-order valence-electron chi connectivity index (χ2n) is 24.6. The van der Waals surface area contributed by atoms with Crippen LogP contribution in [0.15, 0.2) is 133 Å². The van der Waals surface area contributed by atoms with Crippen molar-refractivity contribution in [3.8, 4) is 33.6 Å². The van der Waals surface area contributed by atoms with E-state index >= 15 is 0 Å². The molecule has 4 heterocycles. The first kappa shape index (κ1) is 70.6. The molecule has 6 aromatic carbocycles. The van der Waals surface area contributed by atoms with Crippen molar-refractivity contribution in [3.63, 3.8) is 0 Å². The molecule has 95 heavy (non-hydrogen) atoms. The lowest BCUT2D eigenvalue weighted by atomic mass is 9.93. The van der Waals surface area contributed by atoms with E-state index in [-0.39, 0.29) is 53.2 Å². The van der Waals surface area contributed by atoms with Crippen LogP contribution >= 0.6 is 23.2 Å². The molecular weight excluding hydrogens is 1240 g/mol. The molecule has 498 valence electrons. The van der Waals surface area contributed by atoms with Crippen molar-refractivity contribution < 1.29 is 39.0 Å². The summed E-state index contributed by atoms with van der Waals surface area (Å²) in [5.74, 6) is -1.51. The fraction of sp³-hybridized carbons (Fsp3) is 0.368. The minimum absolute atomic E-state index is 0.0659. The molecule has 0 bridgehead atoms. The summed E-state index contributed by atoms with van der Waals surface area (Å²) in [5.41, 5.74) is 17.1. The number of aryl methyl sites for hydroxylation is 2. The summed E-state index contributed by atoms with van der Waals surface area (Å²) in [4.78, 5) is 88.5. The SMILES string of the molecule is CCCCN(CCCC)C(=O)c1cc(C)n(-c2ccc(-c3ccc(Cl)c(C(=O)CC)c3)cc2C(=O)N2Cc3ccccc3C[C@H]2CO)n1.CCCCN(CCCC)C(=O)c1cc(C)n(-c2ccc(-c3ccc(Cl)c(C(N)=O)c3)cc2C(=O)N2Cc3ccccc3C[C@H]2CO)n1. The molecule has 0 saturated carbocycles. The molecule has 19 heteroatoms. The Balaban J connectivity index is 0.000000223. The van der Waals surface area contributed by atoms with Gasteiger partial charge in [0, 0.05) is 62.6 Å². The van der Waals surface area contributed by atoms with Gasteiger partial charge in [0.15, 0.2) is 17.2 Å². The number of hydrogen-bond donors (Lipinski definition) is 3. The first-order valence-corrected chi connectivity index (χ1v) is 34.0. The molecule has 2 aliphatic rings. The number of carbonyl (C=O) groups excluding carboxylic acids is 6. The summed E-state index contributed by atoms with van der Waals surface area (Å²) >= 11 is 12.6. The van der Waals surface area contributed by atoms with Crippen molar-refractivity contribution in [1.82, 2.24) is 39.2 Å². The molecule has 5 amide bonds. The summed E-state index contributed by atoms with van der Waals surface area (Å²) < 4.78 is 3.31. The predicted octanol–water partition coefficient (Wildman–Crippen LogP) is 13.9. The van der Waals surface area contributed by atoms with Crippen LogP contribution in [0.3, 0.4) is 0 Å². The maximum Gasteiger partial charge on any atom is 0.274 e. The van der Waals surface area contributed by atoms with Gasteiger partial charge < -0.3 is 35.5 Å². The average molecular weight is 1330 g/mol. The van der Waals surface area contributed by atoms with Crippen molar-refractivity contribution in [1.29, 1.82) is 0 Å². The van der Waals surface area contributed by atoms with Crippen LogP contribution in [-0.4, -0.2) is 136 Å². The maximum absolute atomic E-state index is 14.7. The molecule has 0 aliphatic carbocycles. The molecule has 4 N–H and O–H groups in total. The number of fused-ring (bicyclic) bond motifs is 2. The Bertz CT molecular complexity index is 4090. The van der Waals surface area contributed by atoms with E-state index in [1.165, 1.54) is 0 Å². The average Bonchev–Trinajstić information content (AvgIpc) is 1.76. The molecule has 2 aromatic heterocycles. The van der Waals surface area contributed by atoms with Crippen LogP contribution in [0.4, 0.5) is 0 Å². The van der Waals surface area contributed by atoms with Gasteiger partial charge in [-0.2, -0.15) is 10.2 Å². The Morgan fingerprint density at radius 2 is 0.832 bits per heavy atom. The fourth-order valence-corrected chi connectivity index (χ4v) is 12.9. The largest absolute Gasteiger partial charge is 0.394 e. The number of aliphatic hydroxyl groups is 2. The van der Waals surface area contributed by atoms with E-state index in [0.29, 0.717) is 120 Å². The van der Waals surface area contributed by atoms with E-state index in [1.807, 2.05) is 103 Å². The van der Waals surface area contributed by atoms with Crippen LogP contribution in [-0.2, 0) is 25.9 Å². The van der Waals surface area contributed by atoms with E-state index in [4.69, 9.17) is 39.1 Å². The lowest BCUT2D eigenvalue weighted by Gasteiger charge is -2.36. The number of ketones is 1. The molecular formula is C76H87Cl2N9O8. The van der Waals surface area contributed by atoms with Gasteiger partial charge in [-0.05, 0) is 158 Å². The number of hydrogen-bond acceptors (Lipinski definition) is 10. The highest BCUT2D eigenvalue weighted by Gasteiger charge is 2.35. The second-order valence-corrected chi connectivity index (χ2v) is 25.5. The number of amides is 5. The van der Waals surface area contributed by atoms with E-state index in [0.717, 1.165) is 90.4 Å². The number of halogens is 2. The molecule has 8 aromatic rings. The number of primary amides is 1. The standard InChI is InChI=1S/C39H45ClN4O4.C37H42ClN5O4/c1-5-8-18-42(19-9-6-2)39(48)35-20-26(4)44(41-35)36-17-15-29(28-14-16-34(40)32(22-28)37(46)7-3)23-33(36)38(47)43-24-30-13-11-10-12-27(30)21-31(43)25-45;1-4-6-16-41(17-7-5-2)37(47)33-18-24(3)43(40-33)34-15-13-27(26-12-14-32(38)30(20-26)35(39)45)21-31(34)36(46)42-22-28-11-9-8-10-25(28)19-29(42)23-44/h10-17,20,22-23,31,45H,5-9,18-19,21,24-25H2,1-4H3;8-15,18,20-21,29,44H,4-7,16-17,19,22-23H2,1-3H3,(H2,39,45)/t31-;29-/m00/s1. The Kier molecular flexibility index (Phi) is 24.2. The fourth-order valence-electron chi connectivity index (χ4n) is 12.4. The van der Waals surface area contributed by atoms with Crippen molar-refractivity contribution >= 4 is 58.5 Å². The number of nitrogens with zero attached hydrogens (tertiary/aromatic N) is 8. The first-order chi connectivity index (χ1) is 45.9. The zero-order valence-corrected chi connectivity index (χ0v) is 57.1. The molecule has 2 aliphatic heterocycles. The number of benzene rings is 6. The number of unbranched alkanes of at least 4 members (excludes halogenated alkanes) is 4. The van der Waals surface area contributed by atoms with Crippen molar-refractivity contribution in [2.75, 3.05) is 39.4 Å². The van der Waals surface area contributed by atoms with Crippen LogP contribution in [0.2, 0.25) is 10.0 Å². The Morgan fingerprint density at radius 1 is 0.484 bits per heavy atom. The molecule has 0 fully saturated rings. The third-order valence-electron chi connectivity index (χ3n) is 18.0.